The van der Waals surface area contributed by atoms with Gasteiger partial charge < -0.3 is 4.18 Å². The summed E-state index contributed by atoms with van der Waals surface area (Å²) in [6.07, 6.45) is 2.36. The summed E-state index contributed by atoms with van der Waals surface area (Å²) in [5.41, 5.74) is 0. The maximum atomic E-state index is 5.18. The van der Waals surface area contributed by atoms with Gasteiger partial charge in [0.2, 0.25) is 0 Å². The van der Waals surface area contributed by atoms with Crippen molar-refractivity contribution in [2.45, 2.75) is 19.8 Å². The van der Waals surface area contributed by atoms with Gasteiger partial charge in [-0.05, 0) is 20.5 Å². The van der Waals surface area contributed by atoms with Crippen LogP contribution in [-0.4, -0.2) is 25.0 Å². The predicted molar refractivity (Wildman–Crippen MR) is 42.1 cm³/mol. The summed E-state index contributed by atoms with van der Waals surface area (Å²) in [6.45, 7) is 3.02. The van der Waals surface area contributed by atoms with E-state index in [4.69, 9.17) is 4.18 Å². The van der Waals surface area contributed by atoms with E-state index in [1.54, 1.807) is 0 Å². The van der Waals surface area contributed by atoms with Crippen molar-refractivity contribution in [1.82, 2.24) is 4.31 Å². The van der Waals surface area contributed by atoms with Crippen LogP contribution in [0.4, 0.5) is 0 Å². The van der Waals surface area contributed by atoms with Gasteiger partial charge in [-0.3, -0.25) is 0 Å². The van der Waals surface area contributed by atoms with Crippen molar-refractivity contribution in [1.29, 1.82) is 0 Å². The molecule has 0 aromatic rings. The number of hydrogen-bond acceptors (Lipinski definition) is 3. The fourth-order valence-electron chi connectivity index (χ4n) is 0.346. The molecule has 0 aliphatic carbocycles. The number of hydrogen-bond donors (Lipinski definition) is 0. The molecule has 0 aromatic heterocycles. The Morgan fingerprint density at radius 3 is 2.56 bits per heavy atom. The average molecular weight is 149 g/mol. The molecule has 2 nitrogen and oxygen atoms in total. The first kappa shape index (κ1) is 9.27. The average Bonchev–Trinajstić information content (AvgIpc) is 1.80. The van der Waals surface area contributed by atoms with E-state index in [1.165, 1.54) is 18.6 Å². The highest BCUT2D eigenvalue weighted by Crippen LogP contribution is 2.05. The van der Waals surface area contributed by atoms with Crippen LogP contribution < -0.4 is 0 Å². The lowest BCUT2D eigenvalue weighted by atomic mass is 10.4. The molecular formula is C6H15NOS. The Labute approximate surface area is 61.9 Å². The van der Waals surface area contributed by atoms with E-state index >= 15 is 0 Å². The van der Waals surface area contributed by atoms with Crippen LogP contribution in [0.25, 0.3) is 0 Å². The smallest absolute Gasteiger partial charge is 0.0813 e. The number of nitrogens with zero attached hydrogens (tertiary/aromatic N) is 1. The Morgan fingerprint density at radius 1 is 1.44 bits per heavy atom. The summed E-state index contributed by atoms with van der Waals surface area (Å²) in [5.74, 6) is 0. The van der Waals surface area contributed by atoms with Crippen LogP contribution >= 0.6 is 12.2 Å². The predicted octanol–water partition coefficient (Wildman–Crippen LogP) is 1.93. The van der Waals surface area contributed by atoms with Crippen molar-refractivity contribution in [3.63, 3.8) is 0 Å². The van der Waals surface area contributed by atoms with E-state index in [-0.39, 0.29) is 0 Å². The molecule has 56 valence electrons. The summed E-state index contributed by atoms with van der Waals surface area (Å²) in [6, 6.07) is 0. The summed E-state index contributed by atoms with van der Waals surface area (Å²) < 4.78 is 7.12. The molecule has 3 heteroatoms. The molecule has 0 rings (SSSR count). The number of rotatable bonds is 5. The molecule has 0 bridgehead atoms. The fourth-order valence-corrected chi connectivity index (χ4v) is 0.749. The second-order valence-corrected chi connectivity index (χ2v) is 3.18. The molecule has 0 heterocycles. The Balaban J connectivity index is 2.75. The maximum Gasteiger partial charge on any atom is 0.0813 e. The third kappa shape index (κ3) is 8.27. The van der Waals surface area contributed by atoms with Crippen molar-refractivity contribution in [3.8, 4) is 0 Å². The van der Waals surface area contributed by atoms with Crippen LogP contribution in [0.2, 0.25) is 0 Å². The van der Waals surface area contributed by atoms with E-state index < -0.39 is 0 Å². The standard InChI is InChI=1S/C6H15NOS/c1-4-5-6-8-9-7(2)3/h4-6H2,1-3H3. The van der Waals surface area contributed by atoms with Crippen LogP contribution in [-0.2, 0) is 4.18 Å². The first-order chi connectivity index (χ1) is 4.27. The first-order valence-electron chi connectivity index (χ1n) is 3.24. The molecule has 0 aliphatic rings. The van der Waals surface area contributed by atoms with Gasteiger partial charge in [0.05, 0.1) is 18.8 Å². The zero-order chi connectivity index (χ0) is 7.11. The zero-order valence-electron chi connectivity index (χ0n) is 6.39. The van der Waals surface area contributed by atoms with Gasteiger partial charge in [-0.2, -0.15) is 0 Å². The second kappa shape index (κ2) is 6.39. The molecule has 0 fully saturated rings. The van der Waals surface area contributed by atoms with Gasteiger partial charge in [0.25, 0.3) is 0 Å². The molecule has 0 radical (unpaired) electrons. The largest absolute Gasteiger partial charge is 0.301 e. The van der Waals surface area contributed by atoms with Gasteiger partial charge in [0.1, 0.15) is 0 Å². The molecule has 0 aliphatic heterocycles. The van der Waals surface area contributed by atoms with Crippen LogP contribution in [0.5, 0.6) is 0 Å². The molecule has 0 aromatic carbocycles. The minimum absolute atomic E-state index is 0.860. The van der Waals surface area contributed by atoms with Crippen LogP contribution in [0.15, 0.2) is 0 Å². The Morgan fingerprint density at radius 2 is 2.11 bits per heavy atom. The minimum atomic E-state index is 0.860. The van der Waals surface area contributed by atoms with Crippen molar-refractivity contribution in [3.05, 3.63) is 0 Å². The van der Waals surface area contributed by atoms with Crippen molar-refractivity contribution >= 4 is 12.2 Å². The zero-order valence-corrected chi connectivity index (χ0v) is 7.20. The summed E-state index contributed by atoms with van der Waals surface area (Å²) in [4.78, 5) is 0. The van der Waals surface area contributed by atoms with E-state index in [0.29, 0.717) is 0 Å². The quantitative estimate of drug-likeness (QED) is 0.337. The van der Waals surface area contributed by atoms with Crippen LogP contribution in [0.1, 0.15) is 19.8 Å². The third-order valence-electron chi connectivity index (χ3n) is 0.783. The minimum Gasteiger partial charge on any atom is -0.301 e. The molecule has 0 saturated carbocycles. The van der Waals surface area contributed by atoms with Crippen LogP contribution in [0, 0.1) is 0 Å². The molecule has 0 unspecified atom stereocenters. The molecule has 0 saturated heterocycles. The molecule has 9 heavy (non-hydrogen) atoms. The van der Waals surface area contributed by atoms with Gasteiger partial charge in [0, 0.05) is 0 Å². The summed E-state index contributed by atoms with van der Waals surface area (Å²) in [7, 11) is 3.94. The molecule has 0 atom stereocenters. The lowest BCUT2D eigenvalue weighted by Gasteiger charge is -2.06. The normalized spacial score (nSPS) is 10.7. The summed E-state index contributed by atoms with van der Waals surface area (Å²) >= 11 is 1.40. The maximum absolute atomic E-state index is 5.18. The molecule has 0 amide bonds. The Bertz CT molecular complexity index is 59.0. The third-order valence-corrected chi connectivity index (χ3v) is 1.35. The Kier molecular flexibility index (Phi) is 6.58. The highest BCUT2D eigenvalue weighted by molar-refractivity contribution is 7.92. The van der Waals surface area contributed by atoms with E-state index in [0.717, 1.165) is 13.0 Å². The molecule has 0 N–H and O–H groups in total. The second-order valence-electron chi connectivity index (χ2n) is 2.06. The highest BCUT2D eigenvalue weighted by atomic mass is 32.2. The monoisotopic (exact) mass is 149 g/mol. The SMILES string of the molecule is CCCCOSN(C)C. The Hall–Kier alpha value is 0.270. The fraction of sp³-hybridized carbons (Fsp3) is 1.00. The lowest BCUT2D eigenvalue weighted by molar-refractivity contribution is 0.346. The highest BCUT2D eigenvalue weighted by Gasteiger charge is 1.89. The van der Waals surface area contributed by atoms with E-state index in [9.17, 15) is 0 Å². The van der Waals surface area contributed by atoms with Crippen molar-refractivity contribution in [2.75, 3.05) is 20.7 Å². The van der Waals surface area contributed by atoms with Crippen LogP contribution in [0.3, 0.4) is 0 Å². The van der Waals surface area contributed by atoms with E-state index in [1.807, 2.05) is 18.4 Å². The van der Waals surface area contributed by atoms with Gasteiger partial charge in [-0.25, -0.2) is 4.31 Å². The van der Waals surface area contributed by atoms with Crippen molar-refractivity contribution in [2.24, 2.45) is 0 Å². The lowest BCUT2D eigenvalue weighted by Crippen LogP contribution is -2.01. The van der Waals surface area contributed by atoms with E-state index in [2.05, 4.69) is 6.92 Å². The van der Waals surface area contributed by atoms with Gasteiger partial charge in [0.15, 0.2) is 0 Å². The summed E-state index contributed by atoms with van der Waals surface area (Å²) in [5, 5.41) is 0. The molecule has 0 spiro atoms. The first-order valence-corrected chi connectivity index (χ1v) is 3.94. The molecular weight excluding hydrogens is 134 g/mol. The van der Waals surface area contributed by atoms with Gasteiger partial charge in [-0.15, -0.1) is 0 Å². The van der Waals surface area contributed by atoms with Gasteiger partial charge in [-0.1, -0.05) is 13.3 Å². The number of unbranched alkanes of at least 4 members (excludes halogenated alkanes) is 1. The van der Waals surface area contributed by atoms with Gasteiger partial charge >= 0.3 is 0 Å². The van der Waals surface area contributed by atoms with Crippen molar-refractivity contribution < 1.29 is 4.18 Å². The topological polar surface area (TPSA) is 12.5 Å².